The first kappa shape index (κ1) is 16.7. The Labute approximate surface area is 136 Å². The quantitative estimate of drug-likeness (QED) is 0.822. The van der Waals surface area contributed by atoms with Crippen molar-refractivity contribution < 1.29 is 19.0 Å². The zero-order chi connectivity index (χ0) is 16.8. The van der Waals surface area contributed by atoms with Crippen LogP contribution in [-0.4, -0.2) is 39.2 Å². The van der Waals surface area contributed by atoms with Crippen molar-refractivity contribution in [3.63, 3.8) is 0 Å². The Morgan fingerprint density at radius 2 is 1.57 bits per heavy atom. The molecular formula is C18H21NO4. The van der Waals surface area contributed by atoms with Crippen LogP contribution in [0, 0.1) is 0 Å². The standard InChI is InChI=1S/C18H21NO4/c1-19(12-14-7-5-6-8-15(14)21-2)18(20)13-9-10-16(22-3)17(11-13)23-4/h5-11H,12H2,1-4H3. The summed E-state index contributed by atoms with van der Waals surface area (Å²) in [5.74, 6) is 1.79. The molecule has 122 valence electrons. The number of carbonyl (C=O) groups is 1. The first-order chi connectivity index (χ1) is 11.1. The highest BCUT2D eigenvalue weighted by molar-refractivity contribution is 5.94. The van der Waals surface area contributed by atoms with Gasteiger partial charge in [0.05, 0.1) is 21.3 Å². The number of para-hydroxylation sites is 1. The second kappa shape index (κ2) is 7.54. The largest absolute Gasteiger partial charge is 0.496 e. The lowest BCUT2D eigenvalue weighted by molar-refractivity contribution is 0.0784. The summed E-state index contributed by atoms with van der Waals surface area (Å²) >= 11 is 0. The van der Waals surface area contributed by atoms with Crippen LogP contribution >= 0.6 is 0 Å². The molecule has 2 aromatic rings. The molecule has 2 rings (SSSR count). The van der Waals surface area contributed by atoms with Crippen LogP contribution in [0.3, 0.4) is 0 Å². The van der Waals surface area contributed by atoms with Crippen LogP contribution in [0.4, 0.5) is 0 Å². The molecule has 0 saturated carbocycles. The molecule has 0 fully saturated rings. The average Bonchev–Trinajstić information content (AvgIpc) is 2.60. The van der Waals surface area contributed by atoms with Crippen LogP contribution in [-0.2, 0) is 6.54 Å². The van der Waals surface area contributed by atoms with Gasteiger partial charge in [0, 0.05) is 24.7 Å². The summed E-state index contributed by atoms with van der Waals surface area (Å²) in [6.45, 7) is 0.456. The van der Waals surface area contributed by atoms with E-state index in [9.17, 15) is 4.79 Å². The monoisotopic (exact) mass is 315 g/mol. The number of methoxy groups -OCH3 is 3. The fourth-order valence-corrected chi connectivity index (χ4v) is 2.35. The van der Waals surface area contributed by atoms with Crippen LogP contribution in [0.25, 0.3) is 0 Å². The molecule has 0 atom stereocenters. The van der Waals surface area contributed by atoms with Crippen LogP contribution < -0.4 is 14.2 Å². The van der Waals surface area contributed by atoms with Crippen LogP contribution in [0.5, 0.6) is 17.2 Å². The first-order valence-electron chi connectivity index (χ1n) is 7.20. The lowest BCUT2D eigenvalue weighted by atomic mass is 10.1. The van der Waals surface area contributed by atoms with Gasteiger partial charge in [-0.1, -0.05) is 18.2 Å². The molecule has 0 spiro atoms. The normalized spacial score (nSPS) is 10.1. The Bertz CT molecular complexity index is 684. The summed E-state index contributed by atoms with van der Waals surface area (Å²) in [7, 11) is 6.48. The summed E-state index contributed by atoms with van der Waals surface area (Å²) in [5, 5.41) is 0. The van der Waals surface area contributed by atoms with E-state index in [2.05, 4.69) is 0 Å². The van der Waals surface area contributed by atoms with E-state index in [0.29, 0.717) is 23.6 Å². The van der Waals surface area contributed by atoms with Gasteiger partial charge in [0.15, 0.2) is 11.5 Å². The number of nitrogens with zero attached hydrogens (tertiary/aromatic N) is 1. The van der Waals surface area contributed by atoms with E-state index in [0.717, 1.165) is 11.3 Å². The van der Waals surface area contributed by atoms with Crippen molar-refractivity contribution in [1.82, 2.24) is 4.90 Å². The predicted octanol–water partition coefficient (Wildman–Crippen LogP) is 2.98. The van der Waals surface area contributed by atoms with Gasteiger partial charge in [-0.3, -0.25) is 4.79 Å². The number of hydrogen-bond donors (Lipinski definition) is 0. The van der Waals surface area contributed by atoms with Gasteiger partial charge in [-0.05, 0) is 24.3 Å². The third kappa shape index (κ3) is 3.74. The molecular weight excluding hydrogens is 294 g/mol. The lowest BCUT2D eigenvalue weighted by Gasteiger charge is -2.19. The Morgan fingerprint density at radius 3 is 2.22 bits per heavy atom. The minimum atomic E-state index is -0.100. The number of hydrogen-bond acceptors (Lipinski definition) is 4. The highest BCUT2D eigenvalue weighted by Gasteiger charge is 2.16. The molecule has 0 bridgehead atoms. The van der Waals surface area contributed by atoms with Crippen molar-refractivity contribution in [2.45, 2.75) is 6.54 Å². The second-order valence-corrected chi connectivity index (χ2v) is 5.04. The maximum absolute atomic E-state index is 12.6. The maximum Gasteiger partial charge on any atom is 0.254 e. The van der Waals surface area contributed by atoms with E-state index in [1.54, 1.807) is 51.5 Å². The Balaban J connectivity index is 2.19. The third-order valence-corrected chi connectivity index (χ3v) is 3.58. The molecule has 1 amide bonds. The molecule has 0 aromatic heterocycles. The lowest BCUT2D eigenvalue weighted by Crippen LogP contribution is -2.26. The van der Waals surface area contributed by atoms with Crippen molar-refractivity contribution in [1.29, 1.82) is 0 Å². The summed E-state index contributed by atoms with van der Waals surface area (Å²) in [6, 6.07) is 12.8. The Morgan fingerprint density at radius 1 is 0.913 bits per heavy atom. The topological polar surface area (TPSA) is 48.0 Å². The predicted molar refractivity (Wildman–Crippen MR) is 88.3 cm³/mol. The van der Waals surface area contributed by atoms with E-state index in [1.165, 1.54) is 0 Å². The summed E-state index contributed by atoms with van der Waals surface area (Å²) in [5.41, 5.74) is 1.49. The fourth-order valence-electron chi connectivity index (χ4n) is 2.35. The molecule has 0 aliphatic carbocycles. The van der Waals surface area contributed by atoms with E-state index < -0.39 is 0 Å². The highest BCUT2D eigenvalue weighted by atomic mass is 16.5. The van der Waals surface area contributed by atoms with Crippen molar-refractivity contribution in [3.05, 3.63) is 53.6 Å². The van der Waals surface area contributed by atoms with Gasteiger partial charge in [0.2, 0.25) is 0 Å². The molecule has 0 aliphatic heterocycles. The summed E-state index contributed by atoms with van der Waals surface area (Å²) in [4.78, 5) is 14.2. The van der Waals surface area contributed by atoms with Crippen LogP contribution in [0.15, 0.2) is 42.5 Å². The molecule has 0 unspecified atom stereocenters. The van der Waals surface area contributed by atoms with Crippen molar-refractivity contribution in [2.75, 3.05) is 28.4 Å². The van der Waals surface area contributed by atoms with Gasteiger partial charge in [-0.25, -0.2) is 0 Å². The smallest absolute Gasteiger partial charge is 0.254 e. The molecule has 5 nitrogen and oxygen atoms in total. The molecule has 0 aliphatic rings. The second-order valence-electron chi connectivity index (χ2n) is 5.04. The molecule has 0 saturated heterocycles. The summed E-state index contributed by atoms with van der Waals surface area (Å²) < 4.78 is 15.8. The van der Waals surface area contributed by atoms with Gasteiger partial charge < -0.3 is 19.1 Å². The number of carbonyl (C=O) groups excluding carboxylic acids is 1. The SMILES string of the molecule is COc1ccccc1CN(C)C(=O)c1ccc(OC)c(OC)c1. The van der Waals surface area contributed by atoms with Gasteiger partial charge in [0.1, 0.15) is 5.75 Å². The Kier molecular flexibility index (Phi) is 5.46. The molecule has 5 heteroatoms. The zero-order valence-electron chi connectivity index (χ0n) is 13.8. The number of benzene rings is 2. The highest BCUT2D eigenvalue weighted by Crippen LogP contribution is 2.28. The number of amides is 1. The molecule has 23 heavy (non-hydrogen) atoms. The number of ether oxygens (including phenoxy) is 3. The summed E-state index contributed by atoms with van der Waals surface area (Å²) in [6.07, 6.45) is 0. The van der Waals surface area contributed by atoms with Gasteiger partial charge in [-0.2, -0.15) is 0 Å². The third-order valence-electron chi connectivity index (χ3n) is 3.58. The van der Waals surface area contributed by atoms with Crippen molar-refractivity contribution in [3.8, 4) is 17.2 Å². The van der Waals surface area contributed by atoms with Gasteiger partial charge in [-0.15, -0.1) is 0 Å². The van der Waals surface area contributed by atoms with Crippen molar-refractivity contribution in [2.24, 2.45) is 0 Å². The molecule has 0 heterocycles. The van der Waals surface area contributed by atoms with Gasteiger partial charge in [0.25, 0.3) is 5.91 Å². The molecule has 0 N–H and O–H groups in total. The van der Waals surface area contributed by atoms with Crippen LogP contribution in [0.1, 0.15) is 15.9 Å². The van der Waals surface area contributed by atoms with E-state index >= 15 is 0 Å². The average molecular weight is 315 g/mol. The first-order valence-corrected chi connectivity index (χ1v) is 7.20. The Hall–Kier alpha value is -2.69. The van der Waals surface area contributed by atoms with Crippen molar-refractivity contribution >= 4 is 5.91 Å². The minimum Gasteiger partial charge on any atom is -0.496 e. The molecule has 0 radical (unpaired) electrons. The minimum absolute atomic E-state index is 0.100. The van der Waals surface area contributed by atoms with E-state index in [4.69, 9.17) is 14.2 Å². The molecule has 2 aromatic carbocycles. The fraction of sp³-hybridized carbons (Fsp3) is 0.278. The van der Waals surface area contributed by atoms with E-state index in [-0.39, 0.29) is 5.91 Å². The maximum atomic E-state index is 12.6. The number of rotatable bonds is 6. The van der Waals surface area contributed by atoms with E-state index in [1.807, 2.05) is 24.3 Å². The zero-order valence-corrected chi connectivity index (χ0v) is 13.8. The van der Waals surface area contributed by atoms with Gasteiger partial charge >= 0.3 is 0 Å². The van der Waals surface area contributed by atoms with Crippen LogP contribution in [0.2, 0.25) is 0 Å².